The van der Waals surface area contributed by atoms with Gasteiger partial charge in [-0.05, 0) is 12.0 Å². The van der Waals surface area contributed by atoms with Gasteiger partial charge < -0.3 is 10.1 Å². The van der Waals surface area contributed by atoms with Gasteiger partial charge in [-0.1, -0.05) is 42.6 Å². The summed E-state index contributed by atoms with van der Waals surface area (Å²) in [5, 5.41) is 2.93. The Bertz CT molecular complexity index is 408. The van der Waals surface area contributed by atoms with Gasteiger partial charge in [0.1, 0.15) is 5.75 Å². The molecule has 0 fully saturated rings. The van der Waals surface area contributed by atoms with E-state index in [2.05, 4.69) is 40.1 Å². The number of amides is 1. The molecule has 1 rings (SSSR count). The van der Waals surface area contributed by atoms with Crippen molar-refractivity contribution in [2.24, 2.45) is 5.92 Å². The Balaban J connectivity index is 2.60. The smallest absolute Gasteiger partial charge is 0.255 e. The van der Waals surface area contributed by atoms with Gasteiger partial charge in [0.05, 0.1) is 18.9 Å². The number of nitrogens with zero attached hydrogens (tertiary/aromatic N) is 1. The molecule has 1 aromatic heterocycles. The van der Waals surface area contributed by atoms with Crippen LogP contribution in [0.15, 0.2) is 18.5 Å². The molecule has 0 bridgehead atoms. The Morgan fingerprint density at radius 3 is 2.74 bits per heavy atom. The van der Waals surface area contributed by atoms with Crippen LogP contribution in [-0.2, 0) is 0 Å². The van der Waals surface area contributed by atoms with Crippen molar-refractivity contribution in [1.29, 1.82) is 0 Å². The average molecular weight is 329 g/mol. The molecule has 0 saturated heterocycles. The van der Waals surface area contributed by atoms with Gasteiger partial charge in [-0.2, -0.15) is 0 Å². The normalized spacial score (nSPS) is 12.3. The maximum absolute atomic E-state index is 12.1. The topological polar surface area (TPSA) is 51.2 Å². The van der Waals surface area contributed by atoms with Gasteiger partial charge in [-0.15, -0.1) is 0 Å². The Morgan fingerprint density at radius 2 is 2.16 bits per heavy atom. The summed E-state index contributed by atoms with van der Waals surface area (Å²) in [5.41, 5.74) is 0.516. The molecule has 1 atom stereocenters. The van der Waals surface area contributed by atoms with E-state index in [4.69, 9.17) is 4.74 Å². The van der Waals surface area contributed by atoms with E-state index >= 15 is 0 Å². The molecule has 1 heterocycles. The molecule has 0 aromatic carbocycles. The molecule has 19 heavy (non-hydrogen) atoms. The number of rotatable bonds is 7. The molecule has 5 heteroatoms. The average Bonchev–Trinajstić information content (AvgIpc) is 2.45. The Morgan fingerprint density at radius 1 is 1.47 bits per heavy atom. The van der Waals surface area contributed by atoms with Gasteiger partial charge in [-0.25, -0.2) is 0 Å². The van der Waals surface area contributed by atoms with Crippen molar-refractivity contribution in [1.82, 2.24) is 10.3 Å². The zero-order chi connectivity index (χ0) is 14.3. The van der Waals surface area contributed by atoms with Crippen molar-refractivity contribution in [3.05, 3.63) is 24.0 Å². The summed E-state index contributed by atoms with van der Waals surface area (Å²) in [6.45, 7) is 4.93. The van der Waals surface area contributed by atoms with Crippen LogP contribution in [0.5, 0.6) is 5.75 Å². The van der Waals surface area contributed by atoms with Crippen LogP contribution in [-0.4, -0.2) is 29.4 Å². The quantitative estimate of drug-likeness (QED) is 0.783. The van der Waals surface area contributed by atoms with E-state index in [0.29, 0.717) is 28.6 Å². The van der Waals surface area contributed by atoms with Crippen LogP contribution >= 0.6 is 15.9 Å². The number of alkyl halides is 1. The van der Waals surface area contributed by atoms with E-state index in [1.165, 1.54) is 7.11 Å². The predicted octanol–water partition coefficient (Wildman–Crippen LogP) is 3.02. The maximum atomic E-state index is 12.1. The van der Waals surface area contributed by atoms with Gasteiger partial charge in [0.25, 0.3) is 5.91 Å². The lowest BCUT2D eigenvalue weighted by Gasteiger charge is -2.20. The van der Waals surface area contributed by atoms with Crippen molar-refractivity contribution in [3.8, 4) is 5.75 Å². The van der Waals surface area contributed by atoms with Gasteiger partial charge in [-0.3, -0.25) is 9.78 Å². The first-order valence-electron chi connectivity index (χ1n) is 6.54. The molecular formula is C14H21BrN2O2. The molecule has 0 aliphatic carbocycles. The lowest BCUT2D eigenvalue weighted by atomic mass is 9.99. The molecule has 1 N–H and O–H groups in total. The van der Waals surface area contributed by atoms with Crippen LogP contribution in [0.1, 0.15) is 37.0 Å². The van der Waals surface area contributed by atoms with Crippen LogP contribution in [0.3, 0.4) is 0 Å². The summed E-state index contributed by atoms with van der Waals surface area (Å²) in [5.74, 6) is 0.933. The highest BCUT2D eigenvalue weighted by molar-refractivity contribution is 9.09. The highest BCUT2D eigenvalue weighted by Gasteiger charge is 2.17. The van der Waals surface area contributed by atoms with Crippen LogP contribution in [0.25, 0.3) is 0 Å². The summed E-state index contributed by atoms with van der Waals surface area (Å²) < 4.78 is 5.13. The van der Waals surface area contributed by atoms with Gasteiger partial charge in [0, 0.05) is 17.6 Å². The fraction of sp³-hybridized carbons (Fsp3) is 0.571. The van der Waals surface area contributed by atoms with Crippen molar-refractivity contribution < 1.29 is 9.53 Å². The molecule has 0 saturated carbocycles. The van der Waals surface area contributed by atoms with Gasteiger partial charge in [0.15, 0.2) is 0 Å². The zero-order valence-corrected chi connectivity index (χ0v) is 13.2. The fourth-order valence-electron chi connectivity index (χ4n) is 1.98. The third-order valence-corrected chi connectivity index (χ3v) is 4.34. The van der Waals surface area contributed by atoms with Crippen LogP contribution in [0.4, 0.5) is 0 Å². The van der Waals surface area contributed by atoms with Crippen LogP contribution < -0.4 is 10.1 Å². The highest BCUT2D eigenvalue weighted by Crippen LogP contribution is 2.20. The summed E-state index contributed by atoms with van der Waals surface area (Å²) in [6.07, 6.45) is 5.33. The standard InChI is InChI=1S/C14H21BrN2O2/c1-4-10(5-2)12(15)8-17-14(18)11-6-7-16-9-13(11)19-3/h6-7,9-10,12H,4-5,8H2,1-3H3,(H,17,18). The SMILES string of the molecule is CCC(CC)C(Br)CNC(=O)c1ccncc1OC. The molecule has 0 aliphatic heterocycles. The summed E-state index contributed by atoms with van der Waals surface area (Å²) in [6, 6.07) is 1.66. The van der Waals surface area contributed by atoms with Gasteiger partial charge in [0.2, 0.25) is 0 Å². The largest absolute Gasteiger partial charge is 0.494 e. The van der Waals surface area contributed by atoms with E-state index < -0.39 is 0 Å². The second kappa shape index (κ2) is 8.15. The molecule has 1 amide bonds. The third-order valence-electron chi connectivity index (χ3n) is 3.27. The first-order chi connectivity index (χ1) is 9.13. The number of aromatic nitrogens is 1. The number of nitrogens with one attached hydrogen (secondary N) is 1. The summed E-state index contributed by atoms with van der Waals surface area (Å²) in [4.78, 5) is 16.3. The van der Waals surface area contributed by atoms with Crippen molar-refractivity contribution in [2.75, 3.05) is 13.7 Å². The number of hydrogen-bond acceptors (Lipinski definition) is 3. The van der Waals surface area contributed by atoms with Crippen LogP contribution in [0.2, 0.25) is 0 Å². The molecule has 106 valence electrons. The highest BCUT2D eigenvalue weighted by atomic mass is 79.9. The zero-order valence-electron chi connectivity index (χ0n) is 11.6. The molecular weight excluding hydrogens is 308 g/mol. The second-order valence-electron chi connectivity index (χ2n) is 4.38. The molecule has 0 spiro atoms. The molecule has 1 aromatic rings. The number of ether oxygens (including phenoxy) is 1. The third kappa shape index (κ3) is 4.49. The minimum atomic E-state index is -0.130. The molecule has 0 aliphatic rings. The number of hydrogen-bond donors (Lipinski definition) is 1. The lowest BCUT2D eigenvalue weighted by Crippen LogP contribution is -2.33. The first kappa shape index (κ1) is 16.0. The number of carbonyl (C=O) groups is 1. The number of pyridine rings is 1. The van der Waals surface area contributed by atoms with E-state index in [1.54, 1.807) is 18.5 Å². The monoisotopic (exact) mass is 328 g/mol. The van der Waals surface area contributed by atoms with Crippen molar-refractivity contribution in [3.63, 3.8) is 0 Å². The fourth-order valence-corrected chi connectivity index (χ4v) is 2.89. The van der Waals surface area contributed by atoms with E-state index in [-0.39, 0.29) is 5.91 Å². The van der Waals surface area contributed by atoms with Gasteiger partial charge >= 0.3 is 0 Å². The van der Waals surface area contributed by atoms with E-state index in [1.807, 2.05) is 0 Å². The summed E-state index contributed by atoms with van der Waals surface area (Å²) in [7, 11) is 1.53. The molecule has 1 unspecified atom stereocenters. The minimum Gasteiger partial charge on any atom is -0.494 e. The Labute approximate surface area is 123 Å². The van der Waals surface area contributed by atoms with Crippen molar-refractivity contribution >= 4 is 21.8 Å². The second-order valence-corrected chi connectivity index (χ2v) is 5.55. The Hall–Kier alpha value is -1.10. The number of carbonyl (C=O) groups excluding carboxylic acids is 1. The first-order valence-corrected chi connectivity index (χ1v) is 7.45. The Kier molecular flexibility index (Phi) is 6.84. The summed E-state index contributed by atoms with van der Waals surface area (Å²) >= 11 is 3.64. The number of halogens is 1. The number of methoxy groups -OCH3 is 1. The molecule has 0 radical (unpaired) electrons. The van der Waals surface area contributed by atoms with Crippen LogP contribution in [0, 0.1) is 5.92 Å². The van der Waals surface area contributed by atoms with Crippen molar-refractivity contribution in [2.45, 2.75) is 31.5 Å². The minimum absolute atomic E-state index is 0.130. The molecule has 4 nitrogen and oxygen atoms in total. The van der Waals surface area contributed by atoms with E-state index in [0.717, 1.165) is 12.8 Å². The predicted molar refractivity (Wildman–Crippen MR) is 79.9 cm³/mol. The maximum Gasteiger partial charge on any atom is 0.255 e. The van der Waals surface area contributed by atoms with E-state index in [9.17, 15) is 4.79 Å². The lowest BCUT2D eigenvalue weighted by molar-refractivity contribution is 0.0949.